The molecule has 0 atom stereocenters. The average Bonchev–Trinajstić information content (AvgIpc) is 3.12. The molecule has 0 spiro atoms. The maximum absolute atomic E-state index is 9.26. The maximum atomic E-state index is 9.26. The van der Waals surface area contributed by atoms with Gasteiger partial charge in [-0.15, -0.1) is 0 Å². The lowest BCUT2D eigenvalue weighted by atomic mass is 10.2. The summed E-state index contributed by atoms with van der Waals surface area (Å²) >= 11 is 0. The number of ether oxygens (including phenoxy) is 1. The molecule has 2 aromatic rings. The zero-order valence-corrected chi connectivity index (χ0v) is 14.0. The number of fused-ring (bicyclic) bond motifs is 1. The van der Waals surface area contributed by atoms with Crippen LogP contribution in [0, 0.1) is 0 Å². The fraction of sp³-hybridized carbons (Fsp3) is 0.556. The summed E-state index contributed by atoms with van der Waals surface area (Å²) in [5.74, 6) is 1.29. The Kier molecular flexibility index (Phi) is 5.82. The van der Waals surface area contributed by atoms with E-state index < -0.39 is 0 Å². The van der Waals surface area contributed by atoms with E-state index in [1.165, 1.54) is 32.0 Å². The van der Waals surface area contributed by atoms with Gasteiger partial charge in [-0.25, -0.2) is 9.97 Å². The number of benzene rings is 1. The van der Waals surface area contributed by atoms with Crippen LogP contribution in [0.3, 0.4) is 0 Å². The van der Waals surface area contributed by atoms with Gasteiger partial charge in [0.1, 0.15) is 17.9 Å². The molecule has 1 aliphatic rings. The van der Waals surface area contributed by atoms with Crippen LogP contribution in [0.4, 0.5) is 5.82 Å². The van der Waals surface area contributed by atoms with Crippen LogP contribution in [0.1, 0.15) is 32.1 Å². The second-order valence-electron chi connectivity index (χ2n) is 6.34. The summed E-state index contributed by atoms with van der Waals surface area (Å²) in [5.41, 5.74) is 6.63. The third kappa shape index (κ3) is 4.13. The van der Waals surface area contributed by atoms with Crippen LogP contribution in [0.2, 0.25) is 0 Å². The Bertz CT molecular complexity index is 659. The maximum Gasteiger partial charge on any atom is 0.134 e. The monoisotopic (exact) mass is 330 g/mol. The fourth-order valence-electron chi connectivity index (χ4n) is 3.48. The van der Waals surface area contributed by atoms with Gasteiger partial charge in [-0.1, -0.05) is 12.8 Å². The standard InChI is InChI=1S/C18H26N4O2/c19-18-16-7-6-15(12-17(16)20-13-21-18)24-11-3-8-22(9-10-23)14-4-1-2-5-14/h6-7,12-14,23H,1-5,8-11H2,(H2,19,20,21). The molecule has 1 fully saturated rings. The first-order chi connectivity index (χ1) is 11.8. The molecule has 0 unspecified atom stereocenters. The van der Waals surface area contributed by atoms with Gasteiger partial charge < -0.3 is 15.6 Å². The minimum absolute atomic E-state index is 0.225. The molecule has 24 heavy (non-hydrogen) atoms. The van der Waals surface area contributed by atoms with E-state index in [1.54, 1.807) is 0 Å². The average molecular weight is 330 g/mol. The molecule has 0 aliphatic heterocycles. The number of rotatable bonds is 8. The van der Waals surface area contributed by atoms with Gasteiger partial charge in [-0.2, -0.15) is 0 Å². The molecule has 1 aromatic heterocycles. The Morgan fingerprint density at radius 2 is 2.04 bits per heavy atom. The molecule has 1 heterocycles. The molecule has 1 aromatic carbocycles. The molecular formula is C18H26N4O2. The molecular weight excluding hydrogens is 304 g/mol. The van der Waals surface area contributed by atoms with E-state index >= 15 is 0 Å². The third-order valence-electron chi connectivity index (χ3n) is 4.73. The predicted molar refractivity (Wildman–Crippen MR) is 95.0 cm³/mol. The van der Waals surface area contributed by atoms with Crippen LogP contribution in [-0.2, 0) is 0 Å². The van der Waals surface area contributed by atoms with Crippen LogP contribution in [0.5, 0.6) is 5.75 Å². The Morgan fingerprint density at radius 3 is 2.83 bits per heavy atom. The predicted octanol–water partition coefficient (Wildman–Crippen LogP) is 2.22. The van der Waals surface area contributed by atoms with Gasteiger partial charge in [-0.05, 0) is 31.4 Å². The Labute approximate surface area is 142 Å². The first-order valence-corrected chi connectivity index (χ1v) is 8.76. The van der Waals surface area contributed by atoms with Gasteiger partial charge in [0.15, 0.2) is 0 Å². The molecule has 3 rings (SSSR count). The fourth-order valence-corrected chi connectivity index (χ4v) is 3.48. The van der Waals surface area contributed by atoms with Gasteiger partial charge in [0.2, 0.25) is 0 Å². The van der Waals surface area contributed by atoms with Gasteiger partial charge >= 0.3 is 0 Å². The number of nitrogens with two attached hydrogens (primary N) is 1. The van der Waals surface area contributed by atoms with Crippen molar-refractivity contribution in [1.29, 1.82) is 0 Å². The molecule has 3 N–H and O–H groups in total. The first-order valence-electron chi connectivity index (χ1n) is 8.76. The SMILES string of the molecule is Nc1ncnc2cc(OCCCN(CCO)C3CCCC3)ccc12. The number of hydrogen-bond donors (Lipinski definition) is 2. The highest BCUT2D eigenvalue weighted by molar-refractivity contribution is 5.88. The Hall–Kier alpha value is -1.92. The van der Waals surface area contributed by atoms with Crippen LogP contribution in [0.15, 0.2) is 24.5 Å². The van der Waals surface area contributed by atoms with Crippen LogP contribution >= 0.6 is 0 Å². The van der Waals surface area contributed by atoms with Crippen molar-refractivity contribution in [1.82, 2.24) is 14.9 Å². The topological polar surface area (TPSA) is 84.5 Å². The van der Waals surface area contributed by atoms with Gasteiger partial charge in [0.25, 0.3) is 0 Å². The van der Waals surface area contributed by atoms with Crippen molar-refractivity contribution in [2.75, 3.05) is 32.0 Å². The summed E-state index contributed by atoms with van der Waals surface area (Å²) < 4.78 is 5.85. The summed E-state index contributed by atoms with van der Waals surface area (Å²) in [6.45, 7) is 2.61. The summed E-state index contributed by atoms with van der Waals surface area (Å²) in [7, 11) is 0. The van der Waals surface area contributed by atoms with E-state index in [0.717, 1.165) is 36.2 Å². The molecule has 0 saturated heterocycles. The molecule has 6 heteroatoms. The largest absolute Gasteiger partial charge is 0.493 e. The summed E-state index contributed by atoms with van der Waals surface area (Å²) in [4.78, 5) is 10.6. The molecule has 0 bridgehead atoms. The second kappa shape index (κ2) is 8.26. The van der Waals surface area contributed by atoms with E-state index in [9.17, 15) is 5.11 Å². The van der Waals surface area contributed by atoms with Crippen molar-refractivity contribution < 1.29 is 9.84 Å². The second-order valence-corrected chi connectivity index (χ2v) is 6.34. The van der Waals surface area contributed by atoms with Gasteiger partial charge in [0.05, 0.1) is 18.7 Å². The zero-order chi connectivity index (χ0) is 16.8. The lowest BCUT2D eigenvalue weighted by Crippen LogP contribution is -2.36. The number of anilines is 1. The van der Waals surface area contributed by atoms with E-state index in [-0.39, 0.29) is 6.61 Å². The quantitative estimate of drug-likeness (QED) is 0.722. The van der Waals surface area contributed by atoms with Crippen molar-refractivity contribution >= 4 is 16.7 Å². The smallest absolute Gasteiger partial charge is 0.134 e. The molecule has 0 radical (unpaired) electrons. The molecule has 1 aliphatic carbocycles. The highest BCUT2D eigenvalue weighted by atomic mass is 16.5. The highest BCUT2D eigenvalue weighted by Gasteiger charge is 2.21. The first kappa shape index (κ1) is 16.9. The number of aliphatic hydroxyl groups is 1. The summed E-state index contributed by atoms with van der Waals surface area (Å²) in [5, 5.41) is 10.1. The molecule has 0 amide bonds. The zero-order valence-electron chi connectivity index (χ0n) is 14.0. The number of hydrogen-bond acceptors (Lipinski definition) is 6. The molecule has 1 saturated carbocycles. The van der Waals surface area contributed by atoms with Crippen LogP contribution < -0.4 is 10.5 Å². The summed E-state index contributed by atoms with van der Waals surface area (Å²) in [6.07, 6.45) is 7.55. The lowest BCUT2D eigenvalue weighted by Gasteiger charge is -2.28. The Morgan fingerprint density at radius 1 is 1.21 bits per heavy atom. The lowest BCUT2D eigenvalue weighted by molar-refractivity contribution is 0.142. The van der Waals surface area contributed by atoms with E-state index in [0.29, 0.717) is 18.5 Å². The third-order valence-corrected chi connectivity index (χ3v) is 4.73. The minimum Gasteiger partial charge on any atom is -0.493 e. The number of nitrogen functional groups attached to an aromatic ring is 1. The normalized spacial score (nSPS) is 15.4. The molecule has 130 valence electrons. The minimum atomic E-state index is 0.225. The van der Waals surface area contributed by atoms with Crippen molar-refractivity contribution in [2.24, 2.45) is 0 Å². The number of aromatic nitrogens is 2. The number of aliphatic hydroxyl groups excluding tert-OH is 1. The summed E-state index contributed by atoms with van der Waals surface area (Å²) in [6, 6.07) is 6.34. The van der Waals surface area contributed by atoms with Crippen LogP contribution in [-0.4, -0.2) is 52.3 Å². The number of nitrogens with zero attached hydrogens (tertiary/aromatic N) is 3. The van der Waals surface area contributed by atoms with Crippen molar-refractivity contribution in [3.05, 3.63) is 24.5 Å². The highest BCUT2D eigenvalue weighted by Crippen LogP contribution is 2.24. The van der Waals surface area contributed by atoms with Crippen LogP contribution in [0.25, 0.3) is 10.9 Å². The van der Waals surface area contributed by atoms with Gasteiger partial charge in [-0.3, -0.25) is 4.90 Å². The van der Waals surface area contributed by atoms with Gasteiger partial charge in [0, 0.05) is 30.6 Å². The van der Waals surface area contributed by atoms with E-state index in [2.05, 4.69) is 14.9 Å². The molecule has 6 nitrogen and oxygen atoms in total. The van der Waals surface area contributed by atoms with Crippen molar-refractivity contribution in [3.8, 4) is 5.75 Å². The van der Waals surface area contributed by atoms with Crippen molar-refractivity contribution in [3.63, 3.8) is 0 Å². The van der Waals surface area contributed by atoms with E-state index in [1.807, 2.05) is 18.2 Å². The Balaban J connectivity index is 1.50. The van der Waals surface area contributed by atoms with Crippen molar-refractivity contribution in [2.45, 2.75) is 38.1 Å². The van der Waals surface area contributed by atoms with E-state index in [4.69, 9.17) is 10.5 Å².